The Morgan fingerprint density at radius 3 is 3.00 bits per heavy atom. The third kappa shape index (κ3) is 4.15. The van der Waals surface area contributed by atoms with E-state index in [-0.39, 0.29) is 17.5 Å². The molecule has 1 amide bonds. The number of hydrogen-bond donors (Lipinski definition) is 3. The predicted octanol–water partition coefficient (Wildman–Crippen LogP) is 2.42. The van der Waals surface area contributed by atoms with Crippen molar-refractivity contribution in [2.45, 2.75) is 38.8 Å². The average molecular weight is 421 g/mol. The Morgan fingerprint density at radius 1 is 1.48 bits per heavy atom. The molecule has 31 heavy (non-hydrogen) atoms. The standard InChI is InChI=1S/C21H24BN5O4/c1-12(2)15-9-22(29)31-18-6-5-13(8-14(15)18)25-21-16(20(24)28)11-27(26-21)17-4-3-7-30-19(17)10-23/h5-6,8-9,11-12,17,19,29H,3-4,7H2,1-2H3,(H2,24,28)(H,25,26)/t17?,19-/m1/s1. The highest BCUT2D eigenvalue weighted by atomic mass is 16.5. The molecule has 2 atom stereocenters. The molecule has 1 saturated heterocycles. The first-order chi connectivity index (χ1) is 14.9. The highest BCUT2D eigenvalue weighted by Gasteiger charge is 2.30. The van der Waals surface area contributed by atoms with Crippen LogP contribution in [0.3, 0.4) is 0 Å². The van der Waals surface area contributed by atoms with Gasteiger partial charge in [-0.3, -0.25) is 9.48 Å². The number of ether oxygens (including phenoxy) is 1. The number of allylic oxidation sites excluding steroid dienone is 1. The van der Waals surface area contributed by atoms with Gasteiger partial charge in [-0.1, -0.05) is 13.8 Å². The number of rotatable bonds is 5. The van der Waals surface area contributed by atoms with Crippen LogP contribution in [-0.4, -0.2) is 40.5 Å². The number of benzene rings is 1. The molecule has 1 unspecified atom stereocenters. The minimum absolute atomic E-state index is 0.183. The molecular weight excluding hydrogens is 397 g/mol. The highest BCUT2D eigenvalue weighted by Crippen LogP contribution is 2.37. The van der Waals surface area contributed by atoms with Crippen molar-refractivity contribution >= 4 is 30.1 Å². The second kappa shape index (κ2) is 8.45. The van der Waals surface area contributed by atoms with E-state index >= 15 is 0 Å². The van der Waals surface area contributed by atoms with E-state index in [1.54, 1.807) is 29.0 Å². The van der Waals surface area contributed by atoms with Gasteiger partial charge in [0.15, 0.2) is 11.9 Å². The van der Waals surface area contributed by atoms with Gasteiger partial charge in [-0.25, -0.2) is 0 Å². The molecule has 0 saturated carbocycles. The summed E-state index contributed by atoms with van der Waals surface area (Å²) in [6, 6.07) is 7.29. The van der Waals surface area contributed by atoms with E-state index in [0.717, 1.165) is 24.0 Å². The van der Waals surface area contributed by atoms with E-state index in [1.807, 2.05) is 19.9 Å². The summed E-state index contributed by atoms with van der Waals surface area (Å²) in [5.74, 6) is 2.14. The van der Waals surface area contributed by atoms with Crippen LogP contribution in [0.1, 0.15) is 48.7 Å². The third-order valence-electron chi connectivity index (χ3n) is 5.50. The number of nitriles is 1. The molecule has 2 aromatic rings. The van der Waals surface area contributed by atoms with Gasteiger partial charge in [0.2, 0.25) is 0 Å². The Balaban J connectivity index is 1.67. The largest absolute Gasteiger partial charge is 0.552 e. The molecule has 1 aromatic carbocycles. The topological polar surface area (TPSA) is 135 Å². The van der Waals surface area contributed by atoms with E-state index in [1.165, 1.54) is 0 Å². The maximum Gasteiger partial charge on any atom is 0.552 e. The summed E-state index contributed by atoms with van der Waals surface area (Å²) in [5, 5.41) is 27.0. The van der Waals surface area contributed by atoms with Gasteiger partial charge in [0.25, 0.3) is 5.91 Å². The Kier molecular flexibility index (Phi) is 5.72. The number of aromatic nitrogens is 2. The van der Waals surface area contributed by atoms with Crippen LogP contribution in [0.5, 0.6) is 5.75 Å². The highest BCUT2D eigenvalue weighted by molar-refractivity contribution is 6.52. The van der Waals surface area contributed by atoms with E-state index < -0.39 is 19.1 Å². The van der Waals surface area contributed by atoms with Crippen molar-refractivity contribution < 1.29 is 19.2 Å². The minimum Gasteiger partial charge on any atom is -0.532 e. The summed E-state index contributed by atoms with van der Waals surface area (Å²) in [6.07, 6.45) is 2.45. The Hall–Kier alpha value is -3.29. The van der Waals surface area contributed by atoms with Crippen LogP contribution in [0.2, 0.25) is 0 Å². The van der Waals surface area contributed by atoms with Crippen LogP contribution < -0.4 is 15.7 Å². The number of nitrogens with one attached hydrogen (secondary N) is 1. The fourth-order valence-corrected chi connectivity index (χ4v) is 3.98. The van der Waals surface area contributed by atoms with Crippen LogP contribution in [0.4, 0.5) is 11.5 Å². The van der Waals surface area contributed by atoms with Crippen LogP contribution >= 0.6 is 0 Å². The van der Waals surface area contributed by atoms with Gasteiger partial charge in [0.1, 0.15) is 11.3 Å². The molecule has 1 fully saturated rings. The predicted molar refractivity (Wildman–Crippen MR) is 116 cm³/mol. The summed E-state index contributed by atoms with van der Waals surface area (Å²) < 4.78 is 12.6. The number of anilines is 2. The van der Waals surface area contributed by atoms with Gasteiger partial charge in [0.05, 0.1) is 12.1 Å². The lowest BCUT2D eigenvalue weighted by Gasteiger charge is -2.27. The summed E-state index contributed by atoms with van der Waals surface area (Å²) in [6.45, 7) is 4.61. The average Bonchev–Trinajstić information content (AvgIpc) is 3.17. The number of nitrogens with two attached hydrogens (primary N) is 1. The van der Waals surface area contributed by atoms with Crippen molar-refractivity contribution in [3.8, 4) is 11.8 Å². The van der Waals surface area contributed by atoms with Crippen LogP contribution in [-0.2, 0) is 4.74 Å². The molecule has 0 aliphatic carbocycles. The number of primary amides is 1. The number of amides is 1. The van der Waals surface area contributed by atoms with Crippen molar-refractivity contribution in [2.24, 2.45) is 11.7 Å². The Labute approximate surface area is 180 Å². The first kappa shape index (κ1) is 21.0. The Morgan fingerprint density at radius 2 is 2.29 bits per heavy atom. The molecule has 4 rings (SSSR count). The summed E-state index contributed by atoms with van der Waals surface area (Å²) >= 11 is 0. The SMILES string of the molecule is CC(C)C1=CB(O)Oc2ccc(Nc3nn(C4CCCO[C@@H]4C#N)cc3C(N)=O)cc21. The van der Waals surface area contributed by atoms with Gasteiger partial charge >= 0.3 is 7.12 Å². The number of carbonyl (C=O) groups is 1. The molecule has 1 aromatic heterocycles. The fourth-order valence-electron chi connectivity index (χ4n) is 3.98. The van der Waals surface area contributed by atoms with E-state index in [2.05, 4.69) is 16.5 Å². The summed E-state index contributed by atoms with van der Waals surface area (Å²) in [5.41, 5.74) is 8.32. The lowest BCUT2D eigenvalue weighted by atomic mass is 9.78. The maximum absolute atomic E-state index is 12.0. The molecule has 2 aliphatic rings. The molecule has 4 N–H and O–H groups in total. The van der Waals surface area contributed by atoms with Crippen molar-refractivity contribution in [2.75, 3.05) is 11.9 Å². The van der Waals surface area contributed by atoms with Gasteiger partial charge < -0.3 is 25.5 Å². The minimum atomic E-state index is -0.980. The molecule has 2 aliphatic heterocycles. The van der Waals surface area contributed by atoms with Crippen molar-refractivity contribution in [1.82, 2.24) is 9.78 Å². The zero-order valence-electron chi connectivity index (χ0n) is 17.4. The van der Waals surface area contributed by atoms with Crippen molar-refractivity contribution in [1.29, 1.82) is 5.26 Å². The molecule has 9 nitrogen and oxygen atoms in total. The molecule has 0 spiro atoms. The van der Waals surface area contributed by atoms with Crippen molar-refractivity contribution in [3.63, 3.8) is 0 Å². The number of hydrogen-bond acceptors (Lipinski definition) is 7. The maximum atomic E-state index is 12.0. The summed E-state index contributed by atoms with van der Waals surface area (Å²) in [7, 11) is -0.980. The quantitative estimate of drug-likeness (QED) is 0.631. The lowest BCUT2D eigenvalue weighted by molar-refractivity contribution is 0.00965. The molecule has 3 heterocycles. The first-order valence-electron chi connectivity index (χ1n) is 10.3. The molecule has 10 heteroatoms. The van der Waals surface area contributed by atoms with E-state index in [0.29, 0.717) is 23.9 Å². The second-order valence-electron chi connectivity index (χ2n) is 7.99. The van der Waals surface area contributed by atoms with Crippen molar-refractivity contribution in [3.05, 3.63) is 41.5 Å². The van der Waals surface area contributed by atoms with Gasteiger partial charge in [-0.15, -0.1) is 0 Å². The van der Waals surface area contributed by atoms with Gasteiger partial charge in [-0.05, 0) is 48.5 Å². The third-order valence-corrected chi connectivity index (χ3v) is 5.50. The molecular formula is C21H24BN5O4. The van der Waals surface area contributed by atoms with Gasteiger partial charge in [-0.2, -0.15) is 10.4 Å². The van der Waals surface area contributed by atoms with Crippen LogP contribution in [0.25, 0.3) is 5.57 Å². The van der Waals surface area contributed by atoms with E-state index in [4.69, 9.17) is 15.1 Å². The fraction of sp³-hybridized carbons (Fsp3) is 0.381. The Bertz CT molecular complexity index is 1070. The van der Waals surface area contributed by atoms with Crippen LogP contribution in [0, 0.1) is 17.2 Å². The first-order valence-corrected chi connectivity index (χ1v) is 10.3. The summed E-state index contributed by atoms with van der Waals surface area (Å²) in [4.78, 5) is 12.0. The normalized spacial score (nSPS) is 20.5. The zero-order valence-corrected chi connectivity index (χ0v) is 17.4. The number of nitrogens with zero attached hydrogens (tertiary/aromatic N) is 3. The van der Waals surface area contributed by atoms with Gasteiger partial charge in [0, 0.05) is 24.1 Å². The number of carbonyl (C=O) groups excluding carboxylic acids is 1. The second-order valence-corrected chi connectivity index (χ2v) is 7.99. The molecule has 0 bridgehead atoms. The monoisotopic (exact) mass is 421 g/mol. The zero-order chi connectivity index (χ0) is 22.1. The van der Waals surface area contributed by atoms with Crippen LogP contribution in [0.15, 0.2) is 30.4 Å². The lowest BCUT2D eigenvalue weighted by Crippen LogP contribution is -2.31. The number of fused-ring (bicyclic) bond motifs is 1. The smallest absolute Gasteiger partial charge is 0.532 e. The molecule has 160 valence electrons. The van der Waals surface area contributed by atoms with E-state index in [9.17, 15) is 15.1 Å². The molecule has 0 radical (unpaired) electrons.